The minimum atomic E-state index is -3.06. The fourth-order valence-electron chi connectivity index (χ4n) is 4.58. The Morgan fingerprint density at radius 3 is 1.02 bits per heavy atom. The van der Waals surface area contributed by atoms with Crippen molar-refractivity contribution in [1.29, 1.82) is 0 Å². The van der Waals surface area contributed by atoms with Crippen molar-refractivity contribution in [2.75, 3.05) is 39.9 Å². The minimum Gasteiger partial charge on any atom is -0.857 e. The second-order valence-corrected chi connectivity index (χ2v) is 17.8. The number of esters is 2. The maximum Gasteiger partial charge on any atom is 1.00 e. The van der Waals surface area contributed by atoms with Gasteiger partial charge in [0, 0.05) is 7.11 Å². The van der Waals surface area contributed by atoms with Gasteiger partial charge >= 0.3 is 41.5 Å². The van der Waals surface area contributed by atoms with Gasteiger partial charge < -0.3 is 19.7 Å². The zero-order valence-corrected chi connectivity index (χ0v) is 31.0. The molecule has 0 aromatic heterocycles. The summed E-state index contributed by atoms with van der Waals surface area (Å²) in [4.78, 5) is 22.8. The van der Waals surface area contributed by atoms with Gasteiger partial charge in [0.1, 0.15) is 0 Å². The van der Waals surface area contributed by atoms with E-state index in [2.05, 4.69) is 0 Å². The predicted molar refractivity (Wildman–Crippen MR) is 156 cm³/mol. The Hall–Kier alpha value is -0.240. The topological polar surface area (TPSA) is 164 Å². The fraction of sp³-hybridized carbons (Fsp3) is 0.929. The molecular weight excluding hydrogens is 583 g/mol. The van der Waals surface area contributed by atoms with Crippen molar-refractivity contribution in [2.45, 2.75) is 102 Å². The van der Waals surface area contributed by atoms with E-state index in [4.69, 9.17) is 19.7 Å². The van der Waals surface area contributed by atoms with Crippen molar-refractivity contribution in [3.8, 4) is 0 Å². The molecule has 2 rings (SSSR count). The van der Waals surface area contributed by atoms with Crippen LogP contribution in [-0.4, -0.2) is 83.3 Å². The molecule has 0 saturated heterocycles. The molecule has 0 aromatic rings. The molecule has 0 atom stereocenters. The van der Waals surface area contributed by atoms with Crippen LogP contribution in [0.1, 0.15) is 92.9 Å². The van der Waals surface area contributed by atoms with E-state index in [-0.39, 0.29) is 76.7 Å². The third-order valence-corrected chi connectivity index (χ3v) is 13.1. The molecule has 10 nitrogen and oxygen atoms in total. The summed E-state index contributed by atoms with van der Waals surface area (Å²) in [5, 5.41) is 15.2. The monoisotopic (exact) mass is 638 g/mol. The largest absolute Gasteiger partial charge is 1.00 e. The number of hydrogen-bond donors (Lipinski definition) is 1. The molecule has 41 heavy (non-hydrogen) atoms. The maximum absolute atomic E-state index is 12.1. The molecule has 0 amide bonds. The van der Waals surface area contributed by atoms with Crippen LogP contribution < -0.4 is 34.7 Å². The number of sulfone groups is 2. The van der Waals surface area contributed by atoms with E-state index in [1.54, 1.807) is 41.5 Å². The van der Waals surface area contributed by atoms with Gasteiger partial charge in [-0.2, -0.15) is 7.11 Å². The van der Waals surface area contributed by atoms with E-state index in [0.29, 0.717) is 0 Å². The first kappa shape index (κ1) is 45.2. The van der Waals surface area contributed by atoms with Crippen LogP contribution in [0.2, 0.25) is 0 Å². The van der Waals surface area contributed by atoms with Crippen LogP contribution in [0.15, 0.2) is 0 Å². The normalized spacial score (nSPS) is 22.9. The third kappa shape index (κ3) is 15.9. The van der Waals surface area contributed by atoms with Crippen molar-refractivity contribution >= 4 is 31.6 Å². The number of aliphatic hydroxyl groups is 1. The summed E-state index contributed by atoms with van der Waals surface area (Å²) >= 11 is 0. The van der Waals surface area contributed by atoms with E-state index in [0.717, 1.165) is 65.6 Å². The second kappa shape index (κ2) is 20.7. The first-order valence-electron chi connectivity index (χ1n) is 13.8. The van der Waals surface area contributed by atoms with Gasteiger partial charge in [0.25, 0.3) is 0 Å². The third-order valence-electron chi connectivity index (χ3n) is 7.54. The Bertz CT molecular complexity index is 857. The number of methoxy groups -OCH3 is 2. The molecule has 0 aliphatic heterocycles. The molecule has 240 valence electrons. The van der Waals surface area contributed by atoms with Crippen LogP contribution in [0.4, 0.5) is 0 Å². The molecule has 0 radical (unpaired) electrons. The van der Waals surface area contributed by atoms with Crippen molar-refractivity contribution < 1.29 is 75.7 Å². The average Bonchev–Trinajstić information content (AvgIpc) is 2.89. The SMILES string of the molecule is CO.COC(=O)C1CCC(CS(=O)(=O)C(C)(C)C)CC1.COC(=O)C1CCC(CS(=O)(=O)C(C)(C)C)CC1.C[O-].[Na+]. The first-order chi connectivity index (χ1) is 18.3. The van der Waals surface area contributed by atoms with Gasteiger partial charge in [-0.1, -0.05) is 0 Å². The molecule has 13 heteroatoms. The molecule has 2 saturated carbocycles. The van der Waals surface area contributed by atoms with Crippen LogP contribution in [0, 0.1) is 23.7 Å². The van der Waals surface area contributed by atoms with E-state index in [9.17, 15) is 26.4 Å². The van der Waals surface area contributed by atoms with Crippen molar-refractivity contribution in [3.63, 3.8) is 0 Å². The molecule has 2 fully saturated rings. The molecule has 2 aliphatic rings. The van der Waals surface area contributed by atoms with Gasteiger partial charge in [0.2, 0.25) is 0 Å². The van der Waals surface area contributed by atoms with Crippen molar-refractivity contribution in [1.82, 2.24) is 0 Å². The number of hydrogen-bond acceptors (Lipinski definition) is 10. The Labute approximate surface area is 271 Å². The number of ether oxygens (including phenoxy) is 2. The molecule has 0 heterocycles. The number of carbonyl (C=O) groups is 2. The van der Waals surface area contributed by atoms with Gasteiger partial charge in [0.15, 0.2) is 19.7 Å². The zero-order chi connectivity index (χ0) is 31.9. The molecule has 2 aliphatic carbocycles. The Balaban J connectivity index is -0.000000614. The standard InChI is InChI=1S/2C13H24O4S.CH4O.CH3O.Na/c2*1-13(2,3)18(15,16)9-10-5-7-11(8-6-10)12(14)17-4;2*1-2;/h2*10-11H,5-9H2,1-4H3;2H,1H3;1H3;/q;;;-1;+1. The molecule has 0 unspecified atom stereocenters. The Kier molecular flexibility index (Phi) is 22.8. The maximum atomic E-state index is 12.1. The smallest absolute Gasteiger partial charge is 0.857 e. The van der Waals surface area contributed by atoms with E-state index >= 15 is 0 Å². The molecule has 1 N–H and O–H groups in total. The predicted octanol–water partition coefficient (Wildman–Crippen LogP) is -0.0528. The van der Waals surface area contributed by atoms with Crippen LogP contribution in [-0.2, 0) is 38.7 Å². The Morgan fingerprint density at radius 2 is 0.854 bits per heavy atom. The van der Waals surface area contributed by atoms with Gasteiger partial charge in [0.05, 0.1) is 47.1 Å². The van der Waals surface area contributed by atoms with Crippen LogP contribution >= 0.6 is 0 Å². The quantitative estimate of drug-likeness (QED) is 0.308. The Morgan fingerprint density at radius 1 is 0.634 bits per heavy atom. The average molecular weight is 639 g/mol. The van der Waals surface area contributed by atoms with Gasteiger partial charge in [-0.3, -0.25) is 9.59 Å². The van der Waals surface area contributed by atoms with Crippen LogP contribution in [0.3, 0.4) is 0 Å². The summed E-state index contributed by atoms with van der Waals surface area (Å²) in [7, 11) is -1.56. The summed E-state index contributed by atoms with van der Waals surface area (Å²) in [5.74, 6) is 0.464. The summed E-state index contributed by atoms with van der Waals surface area (Å²) in [6.07, 6.45) is 6.19. The second-order valence-electron chi connectivity index (χ2n) is 12.3. The minimum absolute atomic E-state index is 0. The number of aliphatic hydroxyl groups excluding tert-OH is 1. The first-order valence-corrected chi connectivity index (χ1v) is 17.1. The van der Waals surface area contributed by atoms with Crippen LogP contribution in [0.25, 0.3) is 0 Å². The van der Waals surface area contributed by atoms with Gasteiger partial charge in [-0.05, 0) is 105 Å². The molecular formula is C28H55NaO10S2. The van der Waals surface area contributed by atoms with E-state index in [1.165, 1.54) is 14.2 Å². The van der Waals surface area contributed by atoms with Crippen LogP contribution in [0.5, 0.6) is 0 Å². The van der Waals surface area contributed by atoms with E-state index in [1.807, 2.05) is 0 Å². The summed E-state index contributed by atoms with van der Waals surface area (Å²) in [6.45, 7) is 10.4. The molecule has 0 bridgehead atoms. The van der Waals surface area contributed by atoms with Crippen molar-refractivity contribution in [2.24, 2.45) is 23.7 Å². The van der Waals surface area contributed by atoms with Gasteiger partial charge in [-0.25, -0.2) is 16.8 Å². The summed E-state index contributed by atoms with van der Waals surface area (Å²) in [5.41, 5.74) is 0. The van der Waals surface area contributed by atoms with Crippen molar-refractivity contribution in [3.05, 3.63) is 0 Å². The number of rotatable bonds is 6. The molecule has 0 spiro atoms. The summed E-state index contributed by atoms with van der Waals surface area (Å²) in [6, 6.07) is 0. The van der Waals surface area contributed by atoms with E-state index < -0.39 is 29.2 Å². The number of carbonyl (C=O) groups excluding carboxylic acids is 2. The van der Waals surface area contributed by atoms with Gasteiger partial charge in [-0.15, -0.1) is 0 Å². The molecule has 0 aromatic carbocycles. The fourth-order valence-corrected chi connectivity index (χ4v) is 7.49. The zero-order valence-electron chi connectivity index (χ0n) is 27.3. The summed E-state index contributed by atoms with van der Waals surface area (Å²) < 4.78 is 56.5.